The standard InChI is InChI=1S/C28H30F2N4O6S/c1-16(2)40-15-25-31-27(35)26(28(36)34(25)24(14-39-5)19-10-20(29)12-21(30)11-19)41(37,38)22-8-6-18(7-9-22)23-13-33(4)32-17(23)3/h6-13,16,24,36H,14-15H2,1-5H3/t24-/m0/s1. The molecule has 0 saturated heterocycles. The highest BCUT2D eigenvalue weighted by atomic mass is 32.2. The van der Waals surface area contributed by atoms with Crippen molar-refractivity contribution in [1.29, 1.82) is 0 Å². The van der Waals surface area contributed by atoms with Crippen molar-refractivity contribution in [3.8, 4) is 17.0 Å². The second-order valence-electron chi connectivity index (χ2n) is 9.72. The molecule has 0 fully saturated rings. The van der Waals surface area contributed by atoms with Gasteiger partial charge in [-0.05, 0) is 56.2 Å². The number of sulfone groups is 1. The van der Waals surface area contributed by atoms with E-state index in [0.717, 1.165) is 28.0 Å². The minimum atomic E-state index is -4.62. The van der Waals surface area contributed by atoms with E-state index in [0.29, 0.717) is 11.6 Å². The first kappa shape index (κ1) is 30.0. The number of ether oxygens (including phenoxy) is 2. The summed E-state index contributed by atoms with van der Waals surface area (Å²) in [6.45, 7) is 4.71. The van der Waals surface area contributed by atoms with Crippen LogP contribution in [-0.2, 0) is 33.0 Å². The summed E-state index contributed by atoms with van der Waals surface area (Å²) in [5, 5.41) is 15.7. The van der Waals surface area contributed by atoms with E-state index in [1.54, 1.807) is 43.9 Å². The monoisotopic (exact) mass is 588 g/mol. The van der Waals surface area contributed by atoms with Gasteiger partial charge in [0.15, 0.2) is 4.90 Å². The Labute approximate surface area is 235 Å². The van der Waals surface area contributed by atoms with Crippen LogP contribution >= 0.6 is 0 Å². The maximum atomic E-state index is 14.2. The van der Waals surface area contributed by atoms with Gasteiger partial charge in [-0.3, -0.25) is 14.0 Å². The minimum Gasteiger partial charge on any atom is -0.493 e. The summed E-state index contributed by atoms with van der Waals surface area (Å²) < 4.78 is 69.3. The Morgan fingerprint density at radius 2 is 1.71 bits per heavy atom. The first-order valence-electron chi connectivity index (χ1n) is 12.6. The summed E-state index contributed by atoms with van der Waals surface area (Å²) in [6.07, 6.45) is 1.47. The summed E-state index contributed by atoms with van der Waals surface area (Å²) in [5.41, 5.74) is 1.03. The van der Waals surface area contributed by atoms with E-state index in [2.05, 4.69) is 10.1 Å². The van der Waals surface area contributed by atoms with Gasteiger partial charge >= 0.3 is 0 Å². The second kappa shape index (κ2) is 11.9. The van der Waals surface area contributed by atoms with Crippen LogP contribution in [0.2, 0.25) is 0 Å². The van der Waals surface area contributed by atoms with E-state index in [9.17, 15) is 27.1 Å². The Balaban J connectivity index is 1.90. The smallest absolute Gasteiger partial charge is 0.296 e. The van der Waals surface area contributed by atoms with Crippen molar-refractivity contribution < 1.29 is 31.8 Å². The van der Waals surface area contributed by atoms with Gasteiger partial charge in [-0.1, -0.05) is 12.1 Å². The average molecular weight is 589 g/mol. The van der Waals surface area contributed by atoms with Gasteiger partial charge in [-0.15, -0.1) is 0 Å². The number of hydrogen-bond acceptors (Lipinski definition) is 8. The lowest BCUT2D eigenvalue weighted by Crippen LogP contribution is -2.30. The molecule has 0 bridgehead atoms. The maximum absolute atomic E-state index is 14.2. The third-order valence-electron chi connectivity index (χ3n) is 6.34. The average Bonchev–Trinajstić information content (AvgIpc) is 3.23. The van der Waals surface area contributed by atoms with Crippen LogP contribution in [0.25, 0.3) is 11.1 Å². The number of rotatable bonds is 10. The van der Waals surface area contributed by atoms with Crippen LogP contribution in [-0.4, -0.2) is 52.7 Å². The highest BCUT2D eigenvalue weighted by Gasteiger charge is 2.33. The van der Waals surface area contributed by atoms with Gasteiger partial charge in [0.05, 0.1) is 29.3 Å². The second-order valence-corrected chi connectivity index (χ2v) is 11.6. The number of hydrogen-bond donors (Lipinski definition) is 1. The molecule has 0 amide bonds. The number of aromatic hydroxyl groups is 1. The molecule has 0 aliphatic carbocycles. The molecule has 2 aromatic heterocycles. The normalized spacial score (nSPS) is 12.7. The summed E-state index contributed by atoms with van der Waals surface area (Å²) >= 11 is 0. The number of aryl methyl sites for hydroxylation is 2. The van der Waals surface area contributed by atoms with E-state index < -0.39 is 43.8 Å². The van der Waals surface area contributed by atoms with E-state index in [1.807, 2.05) is 6.92 Å². The third-order valence-corrected chi connectivity index (χ3v) is 8.13. The minimum absolute atomic E-state index is 0.00966. The van der Waals surface area contributed by atoms with Gasteiger partial charge in [0, 0.05) is 32.0 Å². The van der Waals surface area contributed by atoms with Crippen LogP contribution in [0.1, 0.15) is 37.0 Å². The summed E-state index contributed by atoms with van der Waals surface area (Å²) in [5.74, 6) is -2.92. The molecular formula is C28H30F2N4O6S. The molecule has 0 aliphatic heterocycles. The van der Waals surface area contributed by atoms with Crippen molar-refractivity contribution in [1.82, 2.24) is 19.3 Å². The van der Waals surface area contributed by atoms with Crippen LogP contribution in [0.4, 0.5) is 8.78 Å². The van der Waals surface area contributed by atoms with Crippen molar-refractivity contribution in [2.24, 2.45) is 7.05 Å². The SMILES string of the molecule is COC[C@@H](c1cc(F)cc(F)c1)n1c(COC(C)C)nc(=O)c(S(=O)(=O)c2ccc(-c3cn(C)nc3C)cc2)c1O. The molecule has 0 radical (unpaired) electrons. The number of benzene rings is 2. The molecule has 0 spiro atoms. The molecule has 1 atom stereocenters. The molecule has 2 aromatic carbocycles. The maximum Gasteiger partial charge on any atom is 0.296 e. The van der Waals surface area contributed by atoms with Crippen LogP contribution in [0.3, 0.4) is 0 Å². The Bertz CT molecular complexity index is 1710. The molecule has 41 heavy (non-hydrogen) atoms. The highest BCUT2D eigenvalue weighted by Crippen LogP contribution is 2.33. The predicted molar refractivity (Wildman–Crippen MR) is 145 cm³/mol. The zero-order chi connectivity index (χ0) is 30.1. The highest BCUT2D eigenvalue weighted by molar-refractivity contribution is 7.91. The third kappa shape index (κ3) is 6.21. The van der Waals surface area contributed by atoms with Crippen molar-refractivity contribution in [2.75, 3.05) is 13.7 Å². The topological polar surface area (TPSA) is 126 Å². The van der Waals surface area contributed by atoms with E-state index in [1.165, 1.54) is 19.2 Å². The number of aromatic nitrogens is 4. The lowest BCUT2D eigenvalue weighted by Gasteiger charge is -2.26. The Kier molecular flexibility index (Phi) is 8.71. The van der Waals surface area contributed by atoms with Crippen LogP contribution in [0, 0.1) is 18.6 Å². The first-order valence-corrected chi connectivity index (χ1v) is 14.1. The molecule has 4 rings (SSSR count). The Morgan fingerprint density at radius 1 is 1.07 bits per heavy atom. The number of methoxy groups -OCH3 is 1. The van der Waals surface area contributed by atoms with Gasteiger partial charge in [-0.25, -0.2) is 17.2 Å². The zero-order valence-corrected chi connectivity index (χ0v) is 23.9. The lowest BCUT2D eigenvalue weighted by atomic mass is 10.1. The van der Waals surface area contributed by atoms with Gasteiger partial charge in [0.2, 0.25) is 15.7 Å². The molecule has 10 nitrogen and oxygen atoms in total. The van der Waals surface area contributed by atoms with Crippen molar-refractivity contribution in [3.63, 3.8) is 0 Å². The molecule has 0 saturated carbocycles. The van der Waals surface area contributed by atoms with E-state index >= 15 is 0 Å². The summed E-state index contributed by atoms with van der Waals surface area (Å²) in [7, 11) is -1.53. The van der Waals surface area contributed by atoms with Gasteiger partial charge in [0.1, 0.15) is 24.1 Å². The molecular weight excluding hydrogens is 558 g/mol. The summed E-state index contributed by atoms with van der Waals surface area (Å²) in [6, 6.07) is 7.29. The van der Waals surface area contributed by atoms with Gasteiger partial charge < -0.3 is 14.6 Å². The zero-order valence-electron chi connectivity index (χ0n) is 23.1. The Hall–Kier alpha value is -3.94. The molecule has 0 unspecified atom stereocenters. The number of nitrogens with zero attached hydrogens (tertiary/aromatic N) is 4. The van der Waals surface area contributed by atoms with E-state index in [4.69, 9.17) is 9.47 Å². The van der Waals surface area contributed by atoms with Gasteiger partial charge in [0.25, 0.3) is 5.56 Å². The molecule has 218 valence electrons. The largest absolute Gasteiger partial charge is 0.493 e. The fourth-order valence-corrected chi connectivity index (χ4v) is 5.86. The molecule has 13 heteroatoms. The number of halogens is 2. The predicted octanol–water partition coefficient (Wildman–Crippen LogP) is 3.93. The molecule has 1 N–H and O–H groups in total. The van der Waals surface area contributed by atoms with E-state index in [-0.39, 0.29) is 35.6 Å². The molecule has 2 heterocycles. The fourth-order valence-electron chi connectivity index (χ4n) is 4.51. The Morgan fingerprint density at radius 3 is 2.24 bits per heavy atom. The quantitative estimate of drug-likeness (QED) is 0.296. The first-order chi connectivity index (χ1) is 19.3. The van der Waals surface area contributed by atoms with Crippen molar-refractivity contribution >= 4 is 9.84 Å². The van der Waals surface area contributed by atoms with Gasteiger partial charge in [-0.2, -0.15) is 10.1 Å². The fraction of sp³-hybridized carbons (Fsp3) is 0.321. The van der Waals surface area contributed by atoms with Crippen LogP contribution in [0.5, 0.6) is 5.88 Å². The lowest BCUT2D eigenvalue weighted by molar-refractivity contribution is 0.0554. The van der Waals surface area contributed by atoms with Crippen LogP contribution in [0.15, 0.2) is 63.2 Å². The van der Waals surface area contributed by atoms with Crippen molar-refractivity contribution in [3.05, 3.63) is 87.7 Å². The van der Waals surface area contributed by atoms with Crippen LogP contribution < -0.4 is 5.56 Å². The molecule has 0 aliphatic rings. The van der Waals surface area contributed by atoms with Crippen molar-refractivity contribution in [2.45, 2.75) is 49.3 Å². The summed E-state index contributed by atoms with van der Waals surface area (Å²) in [4.78, 5) is 15.8. The molecule has 4 aromatic rings.